The molecule has 0 aromatic rings. The summed E-state index contributed by atoms with van der Waals surface area (Å²) in [6.45, 7) is -1.16. The van der Waals surface area contributed by atoms with Crippen molar-refractivity contribution in [1.29, 1.82) is 0 Å². The summed E-state index contributed by atoms with van der Waals surface area (Å²) in [4.78, 5) is 44.2. The van der Waals surface area contributed by atoms with Crippen LogP contribution in [0.15, 0.2) is 0 Å². The number of rotatable bonds is 7. The van der Waals surface area contributed by atoms with E-state index >= 15 is 0 Å². The monoisotopic (exact) mass is 310 g/mol. The molecule has 0 aromatic carbocycles. The maximum absolute atomic E-state index is 10.8. The average molecular weight is 310 g/mol. The zero-order chi connectivity index (χ0) is 14.7. The quantitative estimate of drug-likeness (QED) is 0.234. The van der Waals surface area contributed by atoms with E-state index < -0.39 is 45.9 Å². The van der Waals surface area contributed by atoms with Crippen LogP contribution >= 0.6 is 15.4 Å². The van der Waals surface area contributed by atoms with Gasteiger partial charge in [0, 0.05) is 0 Å². The van der Waals surface area contributed by atoms with Gasteiger partial charge in [0.05, 0.1) is 6.61 Å². The van der Waals surface area contributed by atoms with E-state index in [0.717, 1.165) is 0 Å². The van der Waals surface area contributed by atoms with Crippen LogP contribution in [0.3, 0.4) is 0 Å². The molecule has 0 fully saturated rings. The predicted octanol–water partition coefficient (Wildman–Crippen LogP) is -3.12. The maximum atomic E-state index is 10.8. The summed E-state index contributed by atoms with van der Waals surface area (Å²) in [7, 11) is -10.2. The summed E-state index contributed by atoms with van der Waals surface area (Å²) < 4.78 is 24.5. The standard InChI is InChI=1S/C5H12O11P2/c6-2(1-16-18(13,14)15)3(7)4(8)5(9)17(10,11)12/h2-4,6-8H,1H2,(H2,10,11,12)(H2,13,14,15). The summed E-state index contributed by atoms with van der Waals surface area (Å²) in [5.74, 6) is 0. The molecule has 0 saturated carbocycles. The fourth-order valence-electron chi connectivity index (χ4n) is 0.801. The number of aliphatic hydroxyl groups is 3. The molecule has 0 rings (SSSR count). The predicted molar refractivity (Wildman–Crippen MR) is 53.1 cm³/mol. The smallest absolute Gasteiger partial charge is 0.388 e. The molecule has 3 unspecified atom stereocenters. The highest BCUT2D eigenvalue weighted by Crippen LogP contribution is 2.38. The van der Waals surface area contributed by atoms with Crippen LogP contribution in [0, 0.1) is 0 Å². The van der Waals surface area contributed by atoms with Crippen LogP contribution in [0.25, 0.3) is 0 Å². The lowest BCUT2D eigenvalue weighted by molar-refractivity contribution is -0.133. The minimum Gasteiger partial charge on any atom is -0.388 e. The van der Waals surface area contributed by atoms with Crippen molar-refractivity contribution in [1.82, 2.24) is 0 Å². The Balaban J connectivity index is 4.56. The first-order chi connectivity index (χ1) is 7.86. The van der Waals surface area contributed by atoms with E-state index in [1.165, 1.54) is 0 Å². The first-order valence-electron chi connectivity index (χ1n) is 4.20. The fourth-order valence-corrected chi connectivity index (χ4v) is 1.65. The van der Waals surface area contributed by atoms with Gasteiger partial charge in [0.2, 0.25) is 0 Å². The van der Waals surface area contributed by atoms with Crippen molar-refractivity contribution >= 4 is 20.9 Å². The van der Waals surface area contributed by atoms with Crippen LogP contribution in [0.4, 0.5) is 0 Å². The normalized spacial score (nSPS) is 18.2. The lowest BCUT2D eigenvalue weighted by Crippen LogP contribution is -2.44. The lowest BCUT2D eigenvalue weighted by Gasteiger charge is -2.22. The molecule has 0 saturated heterocycles. The molecule has 0 radical (unpaired) electrons. The largest absolute Gasteiger partial charge is 0.469 e. The van der Waals surface area contributed by atoms with Crippen LogP contribution in [0.2, 0.25) is 0 Å². The second-order valence-corrected chi connectivity index (χ2v) is 5.94. The van der Waals surface area contributed by atoms with Gasteiger partial charge in [-0.1, -0.05) is 0 Å². The van der Waals surface area contributed by atoms with Crippen LogP contribution in [-0.2, 0) is 18.4 Å². The van der Waals surface area contributed by atoms with Crippen LogP contribution in [0.1, 0.15) is 0 Å². The van der Waals surface area contributed by atoms with Crippen molar-refractivity contribution in [3.8, 4) is 0 Å². The molecule has 0 bridgehead atoms. The summed E-state index contributed by atoms with van der Waals surface area (Å²) in [5.41, 5.74) is -2.04. The van der Waals surface area contributed by atoms with E-state index in [4.69, 9.17) is 34.9 Å². The van der Waals surface area contributed by atoms with Crippen LogP contribution in [-0.4, -0.2) is 65.3 Å². The molecule has 7 N–H and O–H groups in total. The Kier molecular flexibility index (Phi) is 6.24. The maximum Gasteiger partial charge on any atom is 0.469 e. The Morgan fingerprint density at radius 3 is 1.83 bits per heavy atom. The molecule has 11 nitrogen and oxygen atoms in total. The number of phosphoric acid groups is 1. The summed E-state index contributed by atoms with van der Waals surface area (Å²) >= 11 is 0. The van der Waals surface area contributed by atoms with E-state index in [0.29, 0.717) is 0 Å². The average Bonchev–Trinajstić information content (AvgIpc) is 2.20. The molecule has 0 heterocycles. The van der Waals surface area contributed by atoms with Crippen molar-refractivity contribution in [3.05, 3.63) is 0 Å². The number of phosphoric ester groups is 1. The molecule has 13 heteroatoms. The second kappa shape index (κ2) is 6.31. The molecular weight excluding hydrogens is 298 g/mol. The van der Waals surface area contributed by atoms with E-state index in [-0.39, 0.29) is 0 Å². The van der Waals surface area contributed by atoms with Gasteiger partial charge >= 0.3 is 15.4 Å². The highest BCUT2D eigenvalue weighted by Gasteiger charge is 2.40. The van der Waals surface area contributed by atoms with E-state index in [2.05, 4.69) is 4.52 Å². The SMILES string of the molecule is O=C(C(O)C(O)C(O)COP(=O)(O)O)P(=O)(O)O. The van der Waals surface area contributed by atoms with Gasteiger partial charge in [-0.3, -0.25) is 13.9 Å². The van der Waals surface area contributed by atoms with Crippen molar-refractivity contribution in [3.63, 3.8) is 0 Å². The van der Waals surface area contributed by atoms with Gasteiger partial charge < -0.3 is 34.9 Å². The van der Waals surface area contributed by atoms with E-state index in [1.54, 1.807) is 0 Å². The highest BCUT2D eigenvalue weighted by atomic mass is 31.2. The minimum absolute atomic E-state index is 1.16. The number of carbonyl (C=O) groups is 1. The number of carbonyl (C=O) groups excluding carboxylic acids is 1. The Morgan fingerprint density at radius 1 is 1.06 bits per heavy atom. The van der Waals surface area contributed by atoms with Gasteiger partial charge in [-0.25, -0.2) is 4.57 Å². The third-order valence-electron chi connectivity index (χ3n) is 1.67. The third-order valence-corrected chi connectivity index (χ3v) is 3.00. The minimum atomic E-state index is -5.31. The van der Waals surface area contributed by atoms with Crippen molar-refractivity contribution in [2.75, 3.05) is 6.61 Å². The topological polar surface area (TPSA) is 202 Å². The molecule has 0 spiro atoms. The van der Waals surface area contributed by atoms with Gasteiger partial charge in [-0.2, -0.15) is 0 Å². The fraction of sp³-hybridized carbons (Fsp3) is 0.800. The molecule has 3 atom stereocenters. The Morgan fingerprint density at radius 2 is 1.50 bits per heavy atom. The van der Waals surface area contributed by atoms with Gasteiger partial charge in [0.1, 0.15) is 12.2 Å². The lowest BCUT2D eigenvalue weighted by atomic mass is 10.1. The van der Waals surface area contributed by atoms with Gasteiger partial charge in [-0.05, 0) is 0 Å². The Labute approximate surface area is 100 Å². The van der Waals surface area contributed by atoms with Crippen LogP contribution < -0.4 is 0 Å². The van der Waals surface area contributed by atoms with Crippen molar-refractivity contribution < 1.29 is 53.3 Å². The van der Waals surface area contributed by atoms with E-state index in [9.17, 15) is 13.9 Å². The molecule has 108 valence electrons. The molecule has 0 amide bonds. The first-order valence-corrected chi connectivity index (χ1v) is 7.34. The zero-order valence-corrected chi connectivity index (χ0v) is 10.4. The van der Waals surface area contributed by atoms with Gasteiger partial charge in [0.25, 0.3) is 5.52 Å². The summed E-state index contributed by atoms with van der Waals surface area (Å²) in [6.07, 6.45) is -7.14. The zero-order valence-electron chi connectivity index (χ0n) is 8.60. The number of hydrogen-bond donors (Lipinski definition) is 7. The third kappa shape index (κ3) is 6.12. The number of hydrogen-bond acceptors (Lipinski definition) is 7. The Bertz CT molecular complexity index is 381. The first kappa shape index (κ1) is 17.8. The van der Waals surface area contributed by atoms with Gasteiger partial charge in [-0.15, -0.1) is 0 Å². The molecular formula is C5H12O11P2. The molecule has 18 heavy (non-hydrogen) atoms. The Hall–Kier alpha value is -0.190. The molecule has 0 aliphatic carbocycles. The number of aliphatic hydroxyl groups excluding tert-OH is 3. The molecule has 0 aliphatic rings. The summed E-state index contributed by atoms with van der Waals surface area (Å²) in [5, 5.41) is 27.2. The molecule has 0 aromatic heterocycles. The highest BCUT2D eigenvalue weighted by molar-refractivity contribution is 7.70. The van der Waals surface area contributed by atoms with Crippen LogP contribution in [0.5, 0.6) is 0 Å². The van der Waals surface area contributed by atoms with Crippen molar-refractivity contribution in [2.24, 2.45) is 0 Å². The summed E-state index contributed by atoms with van der Waals surface area (Å²) in [6, 6.07) is 0. The van der Waals surface area contributed by atoms with E-state index in [1.807, 2.05) is 0 Å². The van der Waals surface area contributed by atoms with Crippen molar-refractivity contribution in [2.45, 2.75) is 18.3 Å². The second-order valence-electron chi connectivity index (χ2n) is 3.17. The van der Waals surface area contributed by atoms with Gasteiger partial charge in [0.15, 0.2) is 6.10 Å². The molecule has 0 aliphatic heterocycles.